The maximum absolute atomic E-state index is 12.1. The Hall–Kier alpha value is -2.53. The van der Waals surface area contributed by atoms with E-state index in [9.17, 15) is 9.90 Å². The summed E-state index contributed by atoms with van der Waals surface area (Å²) in [5.74, 6) is 0.321. The molecule has 2 aromatic carbocycles. The second kappa shape index (κ2) is 7.84. The molecule has 5 nitrogen and oxygen atoms in total. The molecule has 0 aliphatic carbocycles. The van der Waals surface area contributed by atoms with Crippen molar-refractivity contribution in [2.75, 3.05) is 26.2 Å². The van der Waals surface area contributed by atoms with Gasteiger partial charge in [0.05, 0.1) is 0 Å². The van der Waals surface area contributed by atoms with E-state index in [0.29, 0.717) is 32.0 Å². The summed E-state index contributed by atoms with van der Waals surface area (Å²) in [7, 11) is 0. The van der Waals surface area contributed by atoms with Crippen molar-refractivity contribution in [2.45, 2.75) is 13.2 Å². The van der Waals surface area contributed by atoms with Crippen LogP contribution in [0.15, 0.2) is 54.6 Å². The second-order valence-electron chi connectivity index (χ2n) is 5.93. The lowest BCUT2D eigenvalue weighted by Gasteiger charge is -2.34. The molecular formula is C19H22N2O3. The molecule has 5 heteroatoms. The van der Waals surface area contributed by atoms with Crippen molar-refractivity contribution in [1.82, 2.24) is 9.80 Å². The predicted molar refractivity (Wildman–Crippen MR) is 91.6 cm³/mol. The summed E-state index contributed by atoms with van der Waals surface area (Å²) < 4.78 is 5.37. The minimum atomic E-state index is -0.263. The van der Waals surface area contributed by atoms with Crippen LogP contribution in [0.3, 0.4) is 0 Å². The topological polar surface area (TPSA) is 53.0 Å². The number of hydrogen-bond donors (Lipinski definition) is 1. The van der Waals surface area contributed by atoms with Crippen LogP contribution in [0.4, 0.5) is 4.79 Å². The van der Waals surface area contributed by atoms with E-state index >= 15 is 0 Å². The molecule has 24 heavy (non-hydrogen) atoms. The molecule has 1 aliphatic heterocycles. The Morgan fingerprint density at radius 1 is 0.958 bits per heavy atom. The first-order valence-electron chi connectivity index (χ1n) is 8.17. The average Bonchev–Trinajstić information content (AvgIpc) is 2.63. The molecule has 3 rings (SSSR count). The highest BCUT2D eigenvalue weighted by atomic mass is 16.6. The van der Waals surface area contributed by atoms with Gasteiger partial charge in [-0.25, -0.2) is 4.79 Å². The highest BCUT2D eigenvalue weighted by Crippen LogP contribution is 2.18. The zero-order valence-corrected chi connectivity index (χ0v) is 13.6. The summed E-state index contributed by atoms with van der Waals surface area (Å²) >= 11 is 0. The van der Waals surface area contributed by atoms with Crippen molar-refractivity contribution in [3.8, 4) is 5.75 Å². The third-order valence-corrected chi connectivity index (χ3v) is 4.22. The summed E-state index contributed by atoms with van der Waals surface area (Å²) in [5.41, 5.74) is 1.90. The molecule has 0 bridgehead atoms. The normalized spacial score (nSPS) is 15.2. The third kappa shape index (κ3) is 4.26. The molecule has 1 fully saturated rings. The molecule has 126 valence electrons. The van der Waals surface area contributed by atoms with E-state index in [-0.39, 0.29) is 6.09 Å². The lowest BCUT2D eigenvalue weighted by molar-refractivity contribution is 0.0698. The predicted octanol–water partition coefficient (Wildman–Crippen LogP) is 2.85. The number of rotatable bonds is 4. The van der Waals surface area contributed by atoms with E-state index in [1.54, 1.807) is 11.0 Å². The minimum Gasteiger partial charge on any atom is -0.508 e. The van der Waals surface area contributed by atoms with Crippen LogP contribution in [-0.4, -0.2) is 47.2 Å². The van der Waals surface area contributed by atoms with Gasteiger partial charge in [-0.05, 0) is 11.6 Å². The van der Waals surface area contributed by atoms with Crippen LogP contribution in [0.1, 0.15) is 11.1 Å². The van der Waals surface area contributed by atoms with Gasteiger partial charge in [0, 0.05) is 38.3 Å². The molecule has 2 aromatic rings. The Balaban J connectivity index is 1.44. The standard InChI is InChI=1S/C19H22N2O3/c22-18-9-5-4-8-17(18)14-20-10-12-21(13-11-20)19(23)24-15-16-6-2-1-3-7-16/h1-9,22H,10-15H2. The Labute approximate surface area is 142 Å². The summed E-state index contributed by atoms with van der Waals surface area (Å²) in [6.45, 7) is 3.82. The average molecular weight is 326 g/mol. The first-order chi connectivity index (χ1) is 11.7. The van der Waals surface area contributed by atoms with E-state index < -0.39 is 0 Å². The van der Waals surface area contributed by atoms with Crippen LogP contribution in [0.5, 0.6) is 5.75 Å². The Bertz CT molecular complexity index is 667. The van der Waals surface area contributed by atoms with Crippen molar-refractivity contribution in [3.05, 3.63) is 65.7 Å². The van der Waals surface area contributed by atoms with Crippen molar-refractivity contribution in [3.63, 3.8) is 0 Å². The molecule has 1 heterocycles. The van der Waals surface area contributed by atoms with Crippen LogP contribution in [-0.2, 0) is 17.9 Å². The number of piperazine rings is 1. The Morgan fingerprint density at radius 2 is 1.62 bits per heavy atom. The van der Waals surface area contributed by atoms with Crippen molar-refractivity contribution in [2.24, 2.45) is 0 Å². The van der Waals surface area contributed by atoms with Crippen LogP contribution >= 0.6 is 0 Å². The zero-order chi connectivity index (χ0) is 16.8. The third-order valence-electron chi connectivity index (χ3n) is 4.22. The number of phenols is 1. The SMILES string of the molecule is O=C(OCc1ccccc1)N1CCN(Cc2ccccc2O)CC1. The van der Waals surface area contributed by atoms with Crippen LogP contribution < -0.4 is 0 Å². The second-order valence-corrected chi connectivity index (χ2v) is 5.93. The number of aromatic hydroxyl groups is 1. The fraction of sp³-hybridized carbons (Fsp3) is 0.316. The van der Waals surface area contributed by atoms with E-state index in [2.05, 4.69) is 4.90 Å². The quantitative estimate of drug-likeness (QED) is 0.939. The first-order valence-corrected chi connectivity index (χ1v) is 8.17. The largest absolute Gasteiger partial charge is 0.508 e. The Kier molecular flexibility index (Phi) is 5.33. The fourth-order valence-electron chi connectivity index (χ4n) is 2.78. The monoisotopic (exact) mass is 326 g/mol. The van der Waals surface area contributed by atoms with Gasteiger partial charge in [0.25, 0.3) is 0 Å². The number of ether oxygens (including phenoxy) is 1. The van der Waals surface area contributed by atoms with Gasteiger partial charge >= 0.3 is 6.09 Å². The van der Waals surface area contributed by atoms with Gasteiger partial charge in [-0.2, -0.15) is 0 Å². The molecule has 1 N–H and O–H groups in total. The number of phenolic OH excluding ortho intramolecular Hbond substituents is 1. The van der Waals surface area contributed by atoms with E-state index in [1.807, 2.05) is 48.5 Å². The number of benzene rings is 2. The highest BCUT2D eigenvalue weighted by Gasteiger charge is 2.22. The maximum Gasteiger partial charge on any atom is 0.410 e. The Morgan fingerprint density at radius 3 is 2.33 bits per heavy atom. The molecule has 1 saturated heterocycles. The number of para-hydroxylation sites is 1. The van der Waals surface area contributed by atoms with Gasteiger partial charge in [0.1, 0.15) is 12.4 Å². The molecule has 0 atom stereocenters. The van der Waals surface area contributed by atoms with Gasteiger partial charge in [0.15, 0.2) is 0 Å². The van der Waals surface area contributed by atoms with Gasteiger partial charge in [0.2, 0.25) is 0 Å². The van der Waals surface area contributed by atoms with E-state index in [0.717, 1.165) is 24.2 Å². The number of carbonyl (C=O) groups excluding carboxylic acids is 1. The molecular weight excluding hydrogens is 304 g/mol. The molecule has 0 saturated carbocycles. The van der Waals surface area contributed by atoms with Gasteiger partial charge in [-0.15, -0.1) is 0 Å². The number of nitrogens with zero attached hydrogens (tertiary/aromatic N) is 2. The van der Waals surface area contributed by atoms with E-state index in [1.165, 1.54) is 0 Å². The number of amides is 1. The highest BCUT2D eigenvalue weighted by molar-refractivity contribution is 5.67. The first kappa shape index (κ1) is 16.3. The molecule has 1 amide bonds. The molecule has 0 unspecified atom stereocenters. The van der Waals surface area contributed by atoms with E-state index in [4.69, 9.17) is 4.74 Å². The van der Waals surface area contributed by atoms with Crippen molar-refractivity contribution >= 4 is 6.09 Å². The summed E-state index contributed by atoms with van der Waals surface area (Å²) in [6.07, 6.45) is -0.263. The zero-order valence-electron chi connectivity index (χ0n) is 13.6. The summed E-state index contributed by atoms with van der Waals surface area (Å²) in [5, 5.41) is 9.85. The van der Waals surface area contributed by atoms with Crippen molar-refractivity contribution in [1.29, 1.82) is 0 Å². The molecule has 1 aliphatic rings. The van der Waals surface area contributed by atoms with Crippen LogP contribution in [0, 0.1) is 0 Å². The molecule has 0 aromatic heterocycles. The lowest BCUT2D eigenvalue weighted by atomic mass is 10.2. The van der Waals surface area contributed by atoms with Crippen LogP contribution in [0.2, 0.25) is 0 Å². The number of carbonyl (C=O) groups is 1. The van der Waals surface area contributed by atoms with Crippen LogP contribution in [0.25, 0.3) is 0 Å². The smallest absolute Gasteiger partial charge is 0.410 e. The fourth-order valence-corrected chi connectivity index (χ4v) is 2.78. The summed E-state index contributed by atoms with van der Waals surface area (Å²) in [6, 6.07) is 17.1. The maximum atomic E-state index is 12.1. The summed E-state index contributed by atoms with van der Waals surface area (Å²) in [4.78, 5) is 16.1. The van der Waals surface area contributed by atoms with Gasteiger partial charge < -0.3 is 14.7 Å². The van der Waals surface area contributed by atoms with Gasteiger partial charge in [-0.1, -0.05) is 48.5 Å². The van der Waals surface area contributed by atoms with Crippen molar-refractivity contribution < 1.29 is 14.6 Å². The lowest BCUT2D eigenvalue weighted by Crippen LogP contribution is -2.48. The molecule has 0 radical (unpaired) electrons. The minimum absolute atomic E-state index is 0.263. The van der Waals surface area contributed by atoms with Gasteiger partial charge in [-0.3, -0.25) is 4.90 Å². The molecule has 0 spiro atoms. The number of hydrogen-bond acceptors (Lipinski definition) is 4.